The molecular formula is C18H33N3O. The highest BCUT2D eigenvalue weighted by Gasteiger charge is 2.39. The van der Waals surface area contributed by atoms with Crippen LogP contribution in [0, 0.1) is 5.92 Å². The molecule has 2 aliphatic carbocycles. The average Bonchev–Trinajstić information content (AvgIpc) is 2.56. The second kappa shape index (κ2) is 6.88. The van der Waals surface area contributed by atoms with E-state index in [1.165, 1.54) is 32.1 Å². The smallest absolute Gasteiger partial charge is 0.242 e. The van der Waals surface area contributed by atoms with Gasteiger partial charge in [-0.3, -0.25) is 9.69 Å². The van der Waals surface area contributed by atoms with Crippen LogP contribution < -0.4 is 5.73 Å². The number of amides is 1. The van der Waals surface area contributed by atoms with Gasteiger partial charge in [-0.05, 0) is 44.4 Å². The van der Waals surface area contributed by atoms with Gasteiger partial charge in [0.2, 0.25) is 5.91 Å². The molecule has 22 heavy (non-hydrogen) atoms. The van der Waals surface area contributed by atoms with Gasteiger partial charge in [-0.2, -0.15) is 0 Å². The van der Waals surface area contributed by atoms with Gasteiger partial charge in [-0.15, -0.1) is 0 Å². The molecule has 0 unspecified atom stereocenters. The summed E-state index contributed by atoms with van der Waals surface area (Å²) < 4.78 is 0. The quantitative estimate of drug-likeness (QED) is 0.852. The van der Waals surface area contributed by atoms with Crippen LogP contribution in [0.2, 0.25) is 0 Å². The van der Waals surface area contributed by atoms with Gasteiger partial charge >= 0.3 is 0 Å². The Morgan fingerprint density at radius 3 is 2.14 bits per heavy atom. The maximum atomic E-state index is 12.8. The fourth-order valence-electron chi connectivity index (χ4n) is 4.61. The Bertz CT molecular complexity index is 376. The van der Waals surface area contributed by atoms with E-state index in [1.54, 1.807) is 0 Å². The zero-order valence-corrected chi connectivity index (χ0v) is 14.2. The first kappa shape index (κ1) is 16.3. The lowest BCUT2D eigenvalue weighted by atomic mass is 9.81. The molecule has 0 aromatic carbocycles. The Morgan fingerprint density at radius 2 is 1.55 bits per heavy atom. The zero-order valence-electron chi connectivity index (χ0n) is 14.2. The highest BCUT2D eigenvalue weighted by atomic mass is 16.2. The maximum Gasteiger partial charge on any atom is 0.242 e. The third-order valence-electron chi connectivity index (χ3n) is 6.27. The molecule has 3 fully saturated rings. The second-order valence-electron chi connectivity index (χ2n) is 7.96. The van der Waals surface area contributed by atoms with Crippen LogP contribution in [0.4, 0.5) is 0 Å². The standard InChI is InChI=1S/C18H33N3O/c1-15-5-7-16(8-6-15)20-11-13-21(14-12-20)17(22)18(19)9-3-2-4-10-18/h15-16H,2-14,19H2,1H3. The van der Waals surface area contributed by atoms with Crippen molar-refractivity contribution < 1.29 is 4.79 Å². The van der Waals surface area contributed by atoms with Crippen LogP contribution in [0.5, 0.6) is 0 Å². The highest BCUT2D eigenvalue weighted by Crippen LogP contribution is 2.30. The minimum atomic E-state index is -0.555. The molecule has 0 aromatic rings. The summed E-state index contributed by atoms with van der Waals surface area (Å²) in [7, 11) is 0. The zero-order chi connectivity index (χ0) is 15.6. The van der Waals surface area contributed by atoms with E-state index in [9.17, 15) is 4.79 Å². The number of hydrogen-bond donors (Lipinski definition) is 1. The molecule has 0 spiro atoms. The number of rotatable bonds is 2. The molecule has 3 rings (SSSR count). The van der Waals surface area contributed by atoms with E-state index in [1.807, 2.05) is 4.90 Å². The van der Waals surface area contributed by atoms with Gasteiger partial charge in [0.1, 0.15) is 0 Å². The average molecular weight is 307 g/mol. The number of carbonyl (C=O) groups is 1. The molecule has 0 aromatic heterocycles. The molecule has 0 radical (unpaired) electrons. The van der Waals surface area contributed by atoms with E-state index in [-0.39, 0.29) is 5.91 Å². The van der Waals surface area contributed by atoms with Crippen LogP contribution in [0.25, 0.3) is 0 Å². The molecule has 126 valence electrons. The van der Waals surface area contributed by atoms with Crippen LogP contribution in [-0.4, -0.2) is 53.5 Å². The van der Waals surface area contributed by atoms with Gasteiger partial charge in [0.25, 0.3) is 0 Å². The topological polar surface area (TPSA) is 49.6 Å². The fourth-order valence-corrected chi connectivity index (χ4v) is 4.61. The van der Waals surface area contributed by atoms with Crippen molar-refractivity contribution in [2.75, 3.05) is 26.2 Å². The lowest BCUT2D eigenvalue weighted by Gasteiger charge is -2.44. The van der Waals surface area contributed by atoms with E-state index in [0.29, 0.717) is 0 Å². The van der Waals surface area contributed by atoms with Crippen LogP contribution in [0.15, 0.2) is 0 Å². The largest absolute Gasteiger partial charge is 0.339 e. The van der Waals surface area contributed by atoms with E-state index < -0.39 is 5.54 Å². The van der Waals surface area contributed by atoms with Crippen molar-refractivity contribution in [3.05, 3.63) is 0 Å². The number of carbonyl (C=O) groups excluding carboxylic acids is 1. The molecule has 4 heteroatoms. The van der Waals surface area contributed by atoms with Crippen molar-refractivity contribution in [2.24, 2.45) is 11.7 Å². The molecule has 4 nitrogen and oxygen atoms in total. The molecule has 2 N–H and O–H groups in total. The van der Waals surface area contributed by atoms with Gasteiger partial charge in [0.15, 0.2) is 0 Å². The summed E-state index contributed by atoms with van der Waals surface area (Å²) in [6.07, 6.45) is 10.7. The molecule has 0 bridgehead atoms. The van der Waals surface area contributed by atoms with E-state index >= 15 is 0 Å². The first-order valence-electron chi connectivity index (χ1n) is 9.41. The minimum absolute atomic E-state index is 0.226. The summed E-state index contributed by atoms with van der Waals surface area (Å²) in [5.74, 6) is 1.13. The van der Waals surface area contributed by atoms with Crippen molar-refractivity contribution >= 4 is 5.91 Å². The third-order valence-corrected chi connectivity index (χ3v) is 6.27. The van der Waals surface area contributed by atoms with Gasteiger partial charge < -0.3 is 10.6 Å². The van der Waals surface area contributed by atoms with Crippen molar-refractivity contribution in [1.29, 1.82) is 0 Å². The van der Waals surface area contributed by atoms with Crippen molar-refractivity contribution in [3.63, 3.8) is 0 Å². The van der Waals surface area contributed by atoms with E-state index in [4.69, 9.17) is 5.73 Å². The number of nitrogens with zero attached hydrogens (tertiary/aromatic N) is 2. The van der Waals surface area contributed by atoms with E-state index in [2.05, 4.69) is 11.8 Å². The molecule has 3 aliphatic rings. The van der Waals surface area contributed by atoms with Gasteiger partial charge in [-0.1, -0.05) is 26.2 Å². The van der Waals surface area contributed by atoms with Crippen LogP contribution in [-0.2, 0) is 4.79 Å². The van der Waals surface area contributed by atoms with Crippen molar-refractivity contribution in [2.45, 2.75) is 76.3 Å². The molecule has 1 amide bonds. The van der Waals surface area contributed by atoms with Crippen molar-refractivity contribution in [1.82, 2.24) is 9.80 Å². The number of hydrogen-bond acceptors (Lipinski definition) is 3. The summed E-state index contributed by atoms with van der Waals surface area (Å²) in [6, 6.07) is 0.759. The highest BCUT2D eigenvalue weighted by molar-refractivity contribution is 5.86. The van der Waals surface area contributed by atoms with Crippen LogP contribution in [0.3, 0.4) is 0 Å². The molecule has 0 atom stereocenters. The predicted molar refractivity (Wildman–Crippen MR) is 89.6 cm³/mol. The second-order valence-corrected chi connectivity index (χ2v) is 7.96. The molecule has 1 heterocycles. The Balaban J connectivity index is 1.50. The summed E-state index contributed by atoms with van der Waals surface area (Å²) in [5.41, 5.74) is 5.87. The van der Waals surface area contributed by atoms with Crippen LogP contribution >= 0.6 is 0 Å². The molecule has 1 aliphatic heterocycles. The van der Waals surface area contributed by atoms with Gasteiger partial charge in [0.05, 0.1) is 5.54 Å². The van der Waals surface area contributed by atoms with E-state index in [0.717, 1.165) is 63.8 Å². The normalized spacial score (nSPS) is 33.6. The first-order chi connectivity index (χ1) is 10.6. The summed E-state index contributed by atoms with van der Waals surface area (Å²) in [5, 5.41) is 0. The van der Waals surface area contributed by atoms with Gasteiger partial charge in [0, 0.05) is 32.2 Å². The minimum Gasteiger partial charge on any atom is -0.339 e. The Labute approximate surface area is 135 Å². The third kappa shape index (κ3) is 3.48. The molecule has 2 saturated carbocycles. The van der Waals surface area contributed by atoms with Crippen molar-refractivity contribution in [3.8, 4) is 0 Å². The lowest BCUT2D eigenvalue weighted by molar-refractivity contribution is -0.140. The SMILES string of the molecule is CC1CCC(N2CCN(C(=O)C3(N)CCCCC3)CC2)CC1. The summed E-state index contributed by atoms with van der Waals surface area (Å²) in [6.45, 7) is 6.22. The maximum absolute atomic E-state index is 12.8. The monoisotopic (exact) mass is 307 g/mol. The number of nitrogens with two attached hydrogens (primary N) is 1. The summed E-state index contributed by atoms with van der Waals surface area (Å²) in [4.78, 5) is 17.5. The summed E-state index contributed by atoms with van der Waals surface area (Å²) >= 11 is 0. The molecular weight excluding hydrogens is 274 g/mol. The fraction of sp³-hybridized carbons (Fsp3) is 0.944. The van der Waals surface area contributed by atoms with Gasteiger partial charge in [-0.25, -0.2) is 0 Å². The Hall–Kier alpha value is -0.610. The van der Waals surface area contributed by atoms with Crippen LogP contribution in [0.1, 0.15) is 64.7 Å². The Kier molecular flexibility index (Phi) is 5.08. The number of piperazine rings is 1. The first-order valence-corrected chi connectivity index (χ1v) is 9.41. The lowest BCUT2D eigenvalue weighted by Crippen LogP contribution is -2.61. The predicted octanol–water partition coefficient (Wildman–Crippen LogP) is 2.37. The Morgan fingerprint density at radius 1 is 0.955 bits per heavy atom. The molecule has 1 saturated heterocycles.